The molecule has 2 amide bonds. The van der Waals surface area contributed by atoms with Gasteiger partial charge in [0.15, 0.2) is 10.8 Å². The highest BCUT2D eigenvalue weighted by atomic mass is 32.2. The predicted octanol–water partition coefficient (Wildman–Crippen LogP) is 2.22. The van der Waals surface area contributed by atoms with Gasteiger partial charge in [-0.15, -0.1) is 34.9 Å². The molecule has 16 heteroatoms. The Morgan fingerprint density at radius 3 is 2.81 bits per heavy atom. The van der Waals surface area contributed by atoms with Gasteiger partial charge in [0.2, 0.25) is 5.91 Å². The number of nitrogens with two attached hydrogens (primary N) is 1. The van der Waals surface area contributed by atoms with Gasteiger partial charge in [0.25, 0.3) is 0 Å². The van der Waals surface area contributed by atoms with Crippen molar-refractivity contribution in [1.29, 1.82) is 0 Å². The van der Waals surface area contributed by atoms with E-state index in [2.05, 4.69) is 25.8 Å². The SMILES string of the molecule is CO/N=C(\C(=O)NOC(=O)C1=C(CSc2cc[n+](-c3nncc4ccccc34)cc2)CS[C@H]2CC(=O)N12)c1csc(N)n1. The Morgan fingerprint density at radius 1 is 1.26 bits per heavy atom. The van der Waals surface area contributed by atoms with Gasteiger partial charge >= 0.3 is 17.7 Å². The lowest BCUT2D eigenvalue weighted by Crippen LogP contribution is -2.54. The molecular weight excluding hydrogens is 613 g/mol. The number of hydrogen-bond donors (Lipinski definition) is 2. The number of nitrogen functional groups attached to an aromatic ring is 1. The molecule has 3 N–H and O–H groups in total. The van der Waals surface area contributed by atoms with Gasteiger partial charge in [-0.1, -0.05) is 23.4 Å². The summed E-state index contributed by atoms with van der Waals surface area (Å²) in [7, 11) is 1.27. The largest absolute Gasteiger partial charge is 0.398 e. The van der Waals surface area contributed by atoms with Crippen molar-refractivity contribution in [3.8, 4) is 5.82 Å². The summed E-state index contributed by atoms with van der Waals surface area (Å²) in [6.07, 6.45) is 5.86. The van der Waals surface area contributed by atoms with E-state index in [9.17, 15) is 14.4 Å². The summed E-state index contributed by atoms with van der Waals surface area (Å²) in [5, 5.41) is 15.7. The van der Waals surface area contributed by atoms with Crippen LogP contribution in [-0.2, 0) is 24.1 Å². The first-order valence-electron chi connectivity index (χ1n) is 12.8. The summed E-state index contributed by atoms with van der Waals surface area (Å²) in [6.45, 7) is 0. The Kier molecular flexibility index (Phi) is 8.22. The zero-order chi connectivity index (χ0) is 29.9. The van der Waals surface area contributed by atoms with E-state index in [1.807, 2.05) is 53.4 Å². The van der Waals surface area contributed by atoms with Crippen molar-refractivity contribution in [2.24, 2.45) is 5.16 Å². The third-order valence-corrected chi connectivity index (χ3v) is 9.58. The van der Waals surface area contributed by atoms with Gasteiger partial charge in [-0.25, -0.2) is 14.3 Å². The number of benzene rings is 1. The molecule has 6 rings (SSSR count). The topological polar surface area (TPSA) is 166 Å². The number of anilines is 1. The Hall–Kier alpha value is -4.54. The highest BCUT2D eigenvalue weighted by molar-refractivity contribution is 8.01. The number of oxime groups is 1. The van der Waals surface area contributed by atoms with Crippen LogP contribution < -0.4 is 15.8 Å². The minimum Gasteiger partial charge on any atom is -0.398 e. The lowest BCUT2D eigenvalue weighted by atomic mass is 10.1. The van der Waals surface area contributed by atoms with Crippen LogP contribution in [0, 0.1) is 0 Å². The molecule has 0 bridgehead atoms. The Morgan fingerprint density at radius 2 is 2.07 bits per heavy atom. The molecule has 5 heterocycles. The standard InChI is InChI=1S/C27H22N8O5S3/c1-39-32-22(19-14-43-27(28)30-19)25(37)33-40-26(38)23-16(13-42-21-10-20(36)35(21)23)12-41-17-6-8-34(9-7-17)24-18-5-3-2-4-15(18)11-29-31-24/h2-9,11,14,21H,10,12-13H2,1H3,(H2-,28,30,33,37)/p+1/b32-22-/t21-/m0/s1. The fourth-order valence-corrected chi connectivity index (χ4v) is 7.32. The van der Waals surface area contributed by atoms with Crippen LogP contribution in [0.1, 0.15) is 12.1 Å². The summed E-state index contributed by atoms with van der Waals surface area (Å²) in [5.74, 6) is -0.220. The molecule has 0 saturated carbocycles. The molecule has 0 aliphatic carbocycles. The summed E-state index contributed by atoms with van der Waals surface area (Å²) in [4.78, 5) is 54.8. The molecule has 13 nitrogen and oxygen atoms in total. The minimum absolute atomic E-state index is 0.132. The highest BCUT2D eigenvalue weighted by Gasteiger charge is 2.46. The van der Waals surface area contributed by atoms with Crippen LogP contribution in [0.2, 0.25) is 0 Å². The first kappa shape index (κ1) is 28.6. The van der Waals surface area contributed by atoms with E-state index < -0.39 is 11.9 Å². The van der Waals surface area contributed by atoms with Crippen LogP contribution in [-0.4, -0.2) is 67.6 Å². The number of pyridine rings is 1. The number of aromatic nitrogens is 4. The van der Waals surface area contributed by atoms with Gasteiger partial charge in [-0.2, -0.15) is 5.48 Å². The molecule has 1 fully saturated rings. The van der Waals surface area contributed by atoms with E-state index in [0.29, 0.717) is 29.3 Å². The monoisotopic (exact) mass is 635 g/mol. The van der Waals surface area contributed by atoms with Crippen LogP contribution >= 0.6 is 34.9 Å². The summed E-state index contributed by atoms with van der Waals surface area (Å²) in [6, 6.07) is 11.8. The number of nitrogens with zero attached hydrogens (tertiary/aromatic N) is 6. The number of fused-ring (bicyclic) bond motifs is 2. The van der Waals surface area contributed by atoms with Crippen LogP contribution in [0.4, 0.5) is 5.13 Å². The van der Waals surface area contributed by atoms with E-state index in [4.69, 9.17) is 15.4 Å². The Balaban J connectivity index is 1.17. The molecule has 0 radical (unpaired) electrons. The van der Waals surface area contributed by atoms with Gasteiger partial charge in [0.05, 0.1) is 40.9 Å². The fourth-order valence-electron chi connectivity index (χ4n) is 4.48. The first-order valence-corrected chi connectivity index (χ1v) is 15.7. The molecule has 1 atom stereocenters. The summed E-state index contributed by atoms with van der Waals surface area (Å²) < 4.78 is 1.89. The van der Waals surface area contributed by atoms with Crippen LogP contribution in [0.15, 0.2) is 81.7 Å². The van der Waals surface area contributed by atoms with Crippen LogP contribution in [0.3, 0.4) is 0 Å². The van der Waals surface area contributed by atoms with Crippen molar-refractivity contribution in [3.63, 3.8) is 0 Å². The lowest BCUT2D eigenvalue weighted by molar-refractivity contribution is -0.598. The van der Waals surface area contributed by atoms with Gasteiger partial charge in [0.1, 0.15) is 18.5 Å². The molecule has 4 aromatic rings. The van der Waals surface area contributed by atoms with Gasteiger partial charge in [-0.05, 0) is 28.9 Å². The maximum absolute atomic E-state index is 13.3. The number of carbonyl (C=O) groups is 3. The van der Waals surface area contributed by atoms with Crippen LogP contribution in [0.25, 0.3) is 16.6 Å². The molecule has 2 aliphatic heterocycles. The number of β-lactam (4-membered cyclic amide) rings is 1. The number of thioether (sulfide) groups is 2. The number of hydrogen-bond acceptors (Lipinski definition) is 13. The molecule has 1 aromatic carbocycles. The number of hydroxylamine groups is 1. The Bertz CT molecular complexity index is 1790. The predicted molar refractivity (Wildman–Crippen MR) is 161 cm³/mol. The van der Waals surface area contributed by atoms with E-state index in [0.717, 1.165) is 27.0 Å². The van der Waals surface area contributed by atoms with E-state index in [1.165, 1.54) is 29.2 Å². The van der Waals surface area contributed by atoms with E-state index >= 15 is 0 Å². The second-order valence-electron chi connectivity index (χ2n) is 9.19. The number of amides is 2. The summed E-state index contributed by atoms with van der Waals surface area (Å²) >= 11 is 4.21. The van der Waals surface area contributed by atoms with Crippen molar-refractivity contribution < 1.29 is 28.6 Å². The molecular formula is C27H23N8O5S3+. The molecule has 0 unspecified atom stereocenters. The Labute approximate surface area is 257 Å². The third-order valence-electron chi connectivity index (χ3n) is 6.53. The van der Waals surface area contributed by atoms with Crippen molar-refractivity contribution in [1.82, 2.24) is 25.6 Å². The molecule has 2 aliphatic rings. The van der Waals surface area contributed by atoms with Crippen molar-refractivity contribution in [2.45, 2.75) is 16.7 Å². The van der Waals surface area contributed by atoms with Crippen molar-refractivity contribution >= 4 is 74.3 Å². The van der Waals surface area contributed by atoms with Crippen LogP contribution in [0.5, 0.6) is 0 Å². The smallest absolute Gasteiger partial charge is 0.379 e. The second kappa shape index (κ2) is 12.4. The normalized spacial score (nSPS) is 16.5. The minimum atomic E-state index is -0.859. The molecule has 43 heavy (non-hydrogen) atoms. The van der Waals surface area contributed by atoms with Gasteiger partial charge < -0.3 is 15.4 Å². The van der Waals surface area contributed by atoms with E-state index in [-0.39, 0.29) is 33.5 Å². The molecule has 1 saturated heterocycles. The highest BCUT2D eigenvalue weighted by Crippen LogP contribution is 2.41. The van der Waals surface area contributed by atoms with Crippen molar-refractivity contribution in [3.05, 3.63) is 77.3 Å². The first-order chi connectivity index (χ1) is 20.9. The number of thiazole rings is 1. The third kappa shape index (κ3) is 5.89. The zero-order valence-electron chi connectivity index (χ0n) is 22.5. The lowest BCUT2D eigenvalue weighted by Gasteiger charge is -2.44. The number of rotatable bonds is 8. The maximum atomic E-state index is 13.3. The number of nitrogens with one attached hydrogen (secondary N) is 1. The average Bonchev–Trinajstić information content (AvgIpc) is 3.46. The average molecular weight is 636 g/mol. The summed E-state index contributed by atoms with van der Waals surface area (Å²) in [5.41, 5.74) is 8.55. The van der Waals surface area contributed by atoms with Gasteiger partial charge in [-0.3, -0.25) is 14.5 Å². The quantitative estimate of drug-likeness (QED) is 0.0959. The maximum Gasteiger partial charge on any atom is 0.379 e. The van der Waals surface area contributed by atoms with Crippen molar-refractivity contribution in [2.75, 3.05) is 24.3 Å². The number of carbonyl (C=O) groups excluding carboxylic acids is 3. The second-order valence-corrected chi connectivity index (χ2v) is 12.3. The van der Waals surface area contributed by atoms with Gasteiger partial charge in [0, 0.05) is 27.2 Å². The fraction of sp³-hybridized carbons (Fsp3) is 0.185. The molecule has 0 spiro atoms. The molecule has 218 valence electrons. The van der Waals surface area contributed by atoms with E-state index in [1.54, 1.807) is 18.0 Å². The molecule has 3 aromatic heterocycles. The zero-order valence-corrected chi connectivity index (χ0v) is 24.9.